The Morgan fingerprint density at radius 2 is 1.97 bits per heavy atom. The maximum atomic E-state index is 13.8. The third-order valence-electron chi connectivity index (χ3n) is 10.1. The monoisotopic (exact) mass is 430 g/mol. The molecule has 6 heteroatoms. The van der Waals surface area contributed by atoms with Gasteiger partial charge in [-0.1, -0.05) is 25.9 Å². The maximum absolute atomic E-state index is 13.8. The van der Waals surface area contributed by atoms with Crippen LogP contribution in [0.3, 0.4) is 0 Å². The Morgan fingerprint density at radius 3 is 2.68 bits per heavy atom. The van der Waals surface area contributed by atoms with Crippen molar-refractivity contribution in [1.82, 2.24) is 5.32 Å². The molecule has 0 spiro atoms. The van der Waals surface area contributed by atoms with Gasteiger partial charge < -0.3 is 15.3 Å². The van der Waals surface area contributed by atoms with Crippen LogP contribution in [0, 0.1) is 46.3 Å². The Labute approximate surface area is 185 Å². The molecule has 2 N–H and O–H groups in total. The average molecular weight is 431 g/mol. The topological polar surface area (TPSA) is 88.0 Å². The summed E-state index contributed by atoms with van der Waals surface area (Å²) in [6.07, 6.45) is 6.44. The third-order valence-corrected chi connectivity index (χ3v) is 10.1. The molecule has 0 radical (unpaired) electrons. The molecule has 0 aromatic carbocycles. The third kappa shape index (κ3) is 3.15. The van der Waals surface area contributed by atoms with Crippen molar-refractivity contribution in [3.8, 4) is 0 Å². The van der Waals surface area contributed by atoms with Crippen molar-refractivity contribution < 1.29 is 19.5 Å². The minimum Gasteiger partial charge on any atom is -0.396 e. The molecule has 4 saturated carbocycles. The highest BCUT2D eigenvalue weighted by Gasteiger charge is 2.66. The predicted octanol–water partition coefficient (Wildman–Crippen LogP) is 2.98. The zero-order valence-electron chi connectivity index (χ0n) is 19.2. The highest BCUT2D eigenvalue weighted by molar-refractivity contribution is 5.93. The molecule has 4 aliphatic carbocycles. The number of oxime groups is 1. The summed E-state index contributed by atoms with van der Waals surface area (Å²) in [4.78, 5) is 32.6. The standard InChI is InChI=1S/C25H38N2O4/c1-14-10-20-21-18(5-8-25(20,3)23(14)30)24(2)7-4-15(27-31-16-6-9-26-12-16)11-19(24)17(13-28)22(21)29/h14,16-21,26,28H,4-13H2,1-3H3/t14?,16?,17-,18?,19?,20?,21?,24-,25+/m1/s1. The van der Waals surface area contributed by atoms with Crippen LogP contribution in [0.2, 0.25) is 0 Å². The van der Waals surface area contributed by atoms with E-state index >= 15 is 0 Å². The van der Waals surface area contributed by atoms with Crippen LogP contribution in [-0.2, 0) is 14.4 Å². The molecule has 0 bridgehead atoms. The first-order chi connectivity index (χ1) is 14.8. The molecule has 5 fully saturated rings. The van der Waals surface area contributed by atoms with Gasteiger partial charge in [-0.05, 0) is 68.2 Å². The van der Waals surface area contributed by atoms with Gasteiger partial charge in [0.15, 0.2) is 0 Å². The number of aliphatic hydroxyl groups is 1. The van der Waals surface area contributed by atoms with Crippen molar-refractivity contribution >= 4 is 17.3 Å². The number of carbonyl (C=O) groups excluding carboxylic acids is 2. The molecule has 1 aliphatic heterocycles. The summed E-state index contributed by atoms with van der Waals surface area (Å²) >= 11 is 0. The van der Waals surface area contributed by atoms with Crippen LogP contribution >= 0.6 is 0 Å². The van der Waals surface area contributed by atoms with Gasteiger partial charge in [0.25, 0.3) is 0 Å². The molecule has 1 heterocycles. The molecule has 31 heavy (non-hydrogen) atoms. The van der Waals surface area contributed by atoms with E-state index in [1.165, 1.54) is 0 Å². The highest BCUT2D eigenvalue weighted by atomic mass is 16.6. The van der Waals surface area contributed by atoms with E-state index in [4.69, 9.17) is 4.84 Å². The summed E-state index contributed by atoms with van der Waals surface area (Å²) in [7, 11) is 0. The summed E-state index contributed by atoms with van der Waals surface area (Å²) in [5, 5.41) is 18.1. The van der Waals surface area contributed by atoms with Gasteiger partial charge in [-0.15, -0.1) is 0 Å². The van der Waals surface area contributed by atoms with E-state index in [1.807, 2.05) is 6.92 Å². The number of hydrogen-bond donors (Lipinski definition) is 2. The lowest BCUT2D eigenvalue weighted by Crippen LogP contribution is -2.61. The molecule has 1 saturated heterocycles. The Balaban J connectivity index is 1.42. The average Bonchev–Trinajstić information content (AvgIpc) is 3.35. The quantitative estimate of drug-likeness (QED) is 0.672. The number of Topliss-reactive ketones (excluding diaryl/α,β-unsaturated/α-hetero) is 2. The van der Waals surface area contributed by atoms with Crippen molar-refractivity contribution in [2.45, 2.75) is 71.8 Å². The van der Waals surface area contributed by atoms with Crippen molar-refractivity contribution in [3.05, 3.63) is 0 Å². The van der Waals surface area contributed by atoms with Gasteiger partial charge in [0.2, 0.25) is 0 Å². The van der Waals surface area contributed by atoms with E-state index in [1.54, 1.807) is 0 Å². The Hall–Kier alpha value is -1.27. The second kappa shape index (κ2) is 7.65. The zero-order chi connectivity index (χ0) is 22.0. The largest absolute Gasteiger partial charge is 0.396 e. The predicted molar refractivity (Wildman–Crippen MR) is 117 cm³/mol. The van der Waals surface area contributed by atoms with Crippen LogP contribution in [0.4, 0.5) is 0 Å². The van der Waals surface area contributed by atoms with E-state index in [0.717, 1.165) is 63.7 Å². The Bertz CT molecular complexity index is 790. The molecule has 0 aromatic rings. The molecule has 5 rings (SSSR count). The normalized spacial score (nSPS) is 50.8. The first-order valence-electron chi connectivity index (χ1n) is 12.4. The minimum atomic E-state index is -0.357. The number of ketones is 2. The fourth-order valence-corrected chi connectivity index (χ4v) is 8.26. The Morgan fingerprint density at radius 1 is 1.16 bits per heavy atom. The molecule has 172 valence electrons. The van der Waals surface area contributed by atoms with Gasteiger partial charge in [0.1, 0.15) is 17.7 Å². The number of fused-ring (bicyclic) bond motifs is 5. The van der Waals surface area contributed by atoms with Gasteiger partial charge in [-0.25, -0.2) is 0 Å². The lowest BCUT2D eigenvalue weighted by atomic mass is 9.43. The molecular weight excluding hydrogens is 392 g/mol. The van der Waals surface area contributed by atoms with Gasteiger partial charge in [0, 0.05) is 36.1 Å². The fraction of sp³-hybridized carbons (Fsp3) is 0.880. The lowest BCUT2D eigenvalue weighted by Gasteiger charge is -2.60. The summed E-state index contributed by atoms with van der Waals surface area (Å²) in [6.45, 7) is 8.21. The first-order valence-corrected chi connectivity index (χ1v) is 12.4. The molecule has 0 aromatic heterocycles. The Kier molecular flexibility index (Phi) is 5.32. The highest BCUT2D eigenvalue weighted by Crippen LogP contribution is 2.66. The van der Waals surface area contributed by atoms with E-state index in [2.05, 4.69) is 24.3 Å². The fourth-order valence-electron chi connectivity index (χ4n) is 8.26. The molecule has 6 unspecified atom stereocenters. The van der Waals surface area contributed by atoms with Gasteiger partial charge >= 0.3 is 0 Å². The van der Waals surface area contributed by atoms with Crippen LogP contribution in [0.5, 0.6) is 0 Å². The van der Waals surface area contributed by atoms with Gasteiger partial charge in [0.05, 0.1) is 12.3 Å². The first kappa shape index (κ1) is 21.6. The number of nitrogens with zero attached hydrogens (tertiary/aromatic N) is 1. The lowest BCUT2D eigenvalue weighted by molar-refractivity contribution is -0.166. The number of nitrogens with one attached hydrogen (secondary N) is 1. The van der Waals surface area contributed by atoms with E-state index in [-0.39, 0.29) is 58.9 Å². The van der Waals surface area contributed by atoms with Crippen LogP contribution in [-0.4, -0.2) is 48.2 Å². The van der Waals surface area contributed by atoms with Crippen LogP contribution < -0.4 is 5.32 Å². The number of rotatable bonds is 3. The second-order valence-corrected chi connectivity index (χ2v) is 11.6. The molecule has 9 atom stereocenters. The molecule has 5 aliphatic rings. The van der Waals surface area contributed by atoms with Crippen molar-refractivity contribution in [2.24, 2.45) is 51.5 Å². The molecular formula is C25H38N2O4. The number of aliphatic hydroxyl groups excluding tert-OH is 1. The van der Waals surface area contributed by atoms with E-state index in [0.29, 0.717) is 11.7 Å². The summed E-state index contributed by atoms with van der Waals surface area (Å²) in [6, 6.07) is 0. The molecule has 0 amide bonds. The van der Waals surface area contributed by atoms with E-state index < -0.39 is 0 Å². The minimum absolute atomic E-state index is 0.0100. The maximum Gasteiger partial charge on any atom is 0.142 e. The van der Waals surface area contributed by atoms with Gasteiger partial charge in [-0.2, -0.15) is 0 Å². The SMILES string of the molecule is CC1CC2C3C(=O)[C@H](CO)C4CC(=NOC5CCNC5)CC[C@]4(C)C3CC[C@]2(C)C1=O. The van der Waals surface area contributed by atoms with Crippen LogP contribution in [0.1, 0.15) is 65.7 Å². The van der Waals surface area contributed by atoms with Crippen molar-refractivity contribution in [2.75, 3.05) is 19.7 Å². The van der Waals surface area contributed by atoms with Crippen molar-refractivity contribution in [3.63, 3.8) is 0 Å². The smallest absolute Gasteiger partial charge is 0.142 e. The van der Waals surface area contributed by atoms with Crippen LogP contribution in [0.15, 0.2) is 5.16 Å². The number of carbonyl (C=O) groups is 2. The van der Waals surface area contributed by atoms with Crippen LogP contribution in [0.25, 0.3) is 0 Å². The zero-order valence-corrected chi connectivity index (χ0v) is 19.2. The van der Waals surface area contributed by atoms with Gasteiger partial charge in [-0.3, -0.25) is 9.59 Å². The summed E-state index contributed by atoms with van der Waals surface area (Å²) < 4.78 is 0. The summed E-state index contributed by atoms with van der Waals surface area (Å²) in [5.74, 6) is 0.758. The summed E-state index contributed by atoms with van der Waals surface area (Å²) in [5.41, 5.74) is 0.699. The number of hydrogen-bond acceptors (Lipinski definition) is 6. The molecule has 6 nitrogen and oxygen atoms in total. The second-order valence-electron chi connectivity index (χ2n) is 11.6. The van der Waals surface area contributed by atoms with Crippen molar-refractivity contribution in [1.29, 1.82) is 0 Å². The van der Waals surface area contributed by atoms with E-state index in [9.17, 15) is 14.7 Å².